The van der Waals surface area contributed by atoms with Crippen LogP contribution in [0.15, 0.2) is 30.3 Å². The minimum Gasteiger partial charge on any atom is -0.396 e. The zero-order valence-corrected chi connectivity index (χ0v) is 18.2. The summed E-state index contributed by atoms with van der Waals surface area (Å²) in [6.45, 7) is 13.0. The Labute approximate surface area is 170 Å². The topological polar surface area (TPSA) is 68.2 Å². The molecule has 0 saturated carbocycles. The molecule has 1 aromatic rings. The second-order valence-electron chi connectivity index (χ2n) is 8.90. The molecule has 0 bridgehead atoms. The van der Waals surface area contributed by atoms with E-state index in [1.54, 1.807) is 0 Å². The second kappa shape index (κ2) is 10.2. The number of aliphatic hydroxyl groups excluding tert-OH is 2. The van der Waals surface area contributed by atoms with E-state index in [0.29, 0.717) is 13.2 Å². The van der Waals surface area contributed by atoms with Gasteiger partial charge in [0, 0.05) is 30.3 Å². The van der Waals surface area contributed by atoms with E-state index < -0.39 is 11.9 Å². The monoisotopic (exact) mass is 394 g/mol. The Kier molecular flexibility index (Phi) is 8.46. The van der Waals surface area contributed by atoms with Crippen molar-refractivity contribution in [3.63, 3.8) is 0 Å². The molecular weight excluding hydrogens is 356 g/mol. The summed E-state index contributed by atoms with van der Waals surface area (Å²) in [7, 11) is 0. The van der Waals surface area contributed by atoms with Crippen LogP contribution in [0.4, 0.5) is 0 Å². The summed E-state index contributed by atoms with van der Waals surface area (Å²) in [6, 6.07) is 10.1. The van der Waals surface area contributed by atoms with E-state index in [1.807, 2.05) is 58.0 Å². The van der Waals surface area contributed by atoms with Crippen molar-refractivity contribution >= 4 is 0 Å². The molecular formula is C23H38O5. The minimum absolute atomic E-state index is 0.0383. The van der Waals surface area contributed by atoms with Gasteiger partial charge >= 0.3 is 0 Å². The van der Waals surface area contributed by atoms with Gasteiger partial charge in [-0.3, -0.25) is 0 Å². The van der Waals surface area contributed by atoms with Crippen LogP contribution in [0.1, 0.15) is 47.1 Å². The highest BCUT2D eigenvalue weighted by molar-refractivity contribution is 5.13. The van der Waals surface area contributed by atoms with Gasteiger partial charge in [-0.05, 0) is 19.4 Å². The van der Waals surface area contributed by atoms with E-state index in [9.17, 15) is 10.2 Å². The van der Waals surface area contributed by atoms with E-state index in [-0.39, 0.29) is 42.5 Å². The van der Waals surface area contributed by atoms with Gasteiger partial charge in [0.15, 0.2) is 5.79 Å². The number of aliphatic hydroxyl groups is 2. The molecule has 1 heterocycles. The van der Waals surface area contributed by atoms with Crippen molar-refractivity contribution < 1.29 is 24.4 Å². The van der Waals surface area contributed by atoms with Crippen LogP contribution >= 0.6 is 0 Å². The lowest BCUT2D eigenvalue weighted by atomic mass is 9.79. The van der Waals surface area contributed by atoms with Crippen LogP contribution in [0.2, 0.25) is 0 Å². The van der Waals surface area contributed by atoms with Crippen molar-refractivity contribution in [2.24, 2.45) is 23.7 Å². The van der Waals surface area contributed by atoms with E-state index in [2.05, 4.69) is 13.8 Å². The molecule has 1 fully saturated rings. The third-order valence-electron chi connectivity index (χ3n) is 5.92. The van der Waals surface area contributed by atoms with Gasteiger partial charge in [-0.15, -0.1) is 0 Å². The van der Waals surface area contributed by atoms with Crippen molar-refractivity contribution in [3.05, 3.63) is 35.9 Å². The van der Waals surface area contributed by atoms with Crippen molar-refractivity contribution in [1.82, 2.24) is 0 Å². The summed E-state index contributed by atoms with van der Waals surface area (Å²) in [4.78, 5) is 0. The van der Waals surface area contributed by atoms with E-state index in [0.717, 1.165) is 5.56 Å². The Morgan fingerprint density at radius 3 is 2.43 bits per heavy atom. The molecule has 2 N–H and O–H groups in total. The first-order valence-corrected chi connectivity index (χ1v) is 10.4. The maximum absolute atomic E-state index is 10.8. The Bertz CT molecular complexity index is 576. The van der Waals surface area contributed by atoms with Crippen LogP contribution in [-0.2, 0) is 20.8 Å². The molecule has 0 spiro atoms. The first-order chi connectivity index (χ1) is 13.2. The molecule has 1 saturated heterocycles. The van der Waals surface area contributed by atoms with Crippen molar-refractivity contribution in [3.8, 4) is 0 Å². The third-order valence-corrected chi connectivity index (χ3v) is 5.92. The van der Waals surface area contributed by atoms with Gasteiger partial charge in [0.2, 0.25) is 0 Å². The van der Waals surface area contributed by atoms with Gasteiger partial charge < -0.3 is 24.4 Å². The van der Waals surface area contributed by atoms with Gasteiger partial charge in [0.1, 0.15) is 0 Å². The zero-order chi connectivity index (χ0) is 20.9. The highest BCUT2D eigenvalue weighted by atomic mass is 16.7. The summed E-state index contributed by atoms with van der Waals surface area (Å²) in [6.07, 6.45) is -0.912. The molecule has 1 aliphatic rings. The summed E-state index contributed by atoms with van der Waals surface area (Å²) in [5.41, 5.74) is 1.10. The highest BCUT2D eigenvalue weighted by Crippen LogP contribution is 2.35. The minimum atomic E-state index is -0.656. The number of benzene rings is 1. The first-order valence-electron chi connectivity index (χ1n) is 10.4. The van der Waals surface area contributed by atoms with Gasteiger partial charge in [0.25, 0.3) is 0 Å². The highest BCUT2D eigenvalue weighted by Gasteiger charge is 2.43. The maximum atomic E-state index is 10.8. The Hall–Kier alpha value is -0.980. The predicted molar refractivity (Wildman–Crippen MR) is 110 cm³/mol. The van der Waals surface area contributed by atoms with Gasteiger partial charge in [-0.2, -0.15) is 0 Å². The average Bonchev–Trinajstić information content (AvgIpc) is 2.69. The fourth-order valence-electron chi connectivity index (χ4n) is 4.09. The molecule has 5 heteroatoms. The number of ether oxygens (including phenoxy) is 3. The molecule has 0 unspecified atom stereocenters. The summed E-state index contributed by atoms with van der Waals surface area (Å²) in [5.74, 6) is -0.713. The normalized spacial score (nSPS) is 27.6. The molecule has 0 amide bonds. The largest absolute Gasteiger partial charge is 0.396 e. The van der Waals surface area contributed by atoms with Crippen LogP contribution in [-0.4, -0.2) is 47.5 Å². The van der Waals surface area contributed by atoms with Crippen molar-refractivity contribution in [2.75, 3.05) is 13.2 Å². The fraction of sp³-hybridized carbons (Fsp3) is 0.739. The lowest BCUT2D eigenvalue weighted by Gasteiger charge is -2.45. The Morgan fingerprint density at radius 2 is 1.82 bits per heavy atom. The SMILES string of the molecule is C[C@@H]([C@H](O)[C@H](C)CO)[C@H](OCc1ccccc1)[C@H](C)[C@H]1OC(C)(C)OC[C@@H]1C. The average molecular weight is 395 g/mol. The standard InChI is InChI=1S/C23H38O5/c1-15(12-24)20(25)17(3)22(26-14-19-10-8-7-9-11-19)18(4)21-16(2)13-27-23(5,6)28-21/h7-11,15-18,20-22,24-25H,12-14H2,1-6H3/t15-,16+,17+,18-,20-,21+,22+/m1/s1. The van der Waals surface area contributed by atoms with Crippen LogP contribution in [0.5, 0.6) is 0 Å². The molecule has 0 aliphatic carbocycles. The molecule has 5 nitrogen and oxygen atoms in total. The van der Waals surface area contributed by atoms with Gasteiger partial charge in [-0.1, -0.05) is 58.0 Å². The number of rotatable bonds is 9. The predicted octanol–water partition coefficient (Wildman–Crippen LogP) is 3.62. The molecule has 28 heavy (non-hydrogen) atoms. The fourth-order valence-corrected chi connectivity index (χ4v) is 4.09. The second-order valence-corrected chi connectivity index (χ2v) is 8.90. The van der Waals surface area contributed by atoms with Gasteiger partial charge in [0.05, 0.1) is 31.5 Å². The molecule has 1 aliphatic heterocycles. The Balaban J connectivity index is 2.20. The molecule has 2 rings (SSSR count). The molecule has 7 atom stereocenters. The summed E-state index contributed by atoms with van der Waals surface area (Å²) < 4.78 is 18.4. The first kappa shape index (κ1) is 23.3. The maximum Gasteiger partial charge on any atom is 0.163 e. The summed E-state index contributed by atoms with van der Waals surface area (Å²) in [5, 5.41) is 20.3. The van der Waals surface area contributed by atoms with Gasteiger partial charge in [-0.25, -0.2) is 0 Å². The third kappa shape index (κ3) is 6.01. The van der Waals surface area contributed by atoms with Crippen LogP contribution in [0.25, 0.3) is 0 Å². The van der Waals surface area contributed by atoms with E-state index in [1.165, 1.54) is 0 Å². The lowest BCUT2D eigenvalue weighted by Crippen LogP contribution is -2.52. The van der Waals surface area contributed by atoms with Crippen molar-refractivity contribution in [2.45, 2.75) is 72.2 Å². The van der Waals surface area contributed by atoms with Crippen molar-refractivity contribution in [1.29, 1.82) is 0 Å². The quantitative estimate of drug-likeness (QED) is 0.670. The summed E-state index contributed by atoms with van der Waals surface area (Å²) >= 11 is 0. The van der Waals surface area contributed by atoms with Crippen LogP contribution in [0, 0.1) is 23.7 Å². The lowest BCUT2D eigenvalue weighted by molar-refractivity contribution is -0.307. The number of hydrogen-bond donors (Lipinski definition) is 2. The Morgan fingerprint density at radius 1 is 1.18 bits per heavy atom. The van der Waals surface area contributed by atoms with Crippen LogP contribution < -0.4 is 0 Å². The molecule has 1 aromatic carbocycles. The van der Waals surface area contributed by atoms with E-state index in [4.69, 9.17) is 14.2 Å². The number of hydrogen-bond acceptors (Lipinski definition) is 5. The molecule has 160 valence electrons. The van der Waals surface area contributed by atoms with Crippen LogP contribution in [0.3, 0.4) is 0 Å². The zero-order valence-electron chi connectivity index (χ0n) is 18.2. The molecule has 0 aromatic heterocycles. The molecule has 0 radical (unpaired) electrons. The van der Waals surface area contributed by atoms with E-state index >= 15 is 0 Å². The smallest absolute Gasteiger partial charge is 0.163 e.